The molecular formula is C12H14ClFO2S. The van der Waals surface area contributed by atoms with Crippen LogP contribution in [0.3, 0.4) is 0 Å². The van der Waals surface area contributed by atoms with Crippen molar-refractivity contribution in [3.63, 3.8) is 0 Å². The topological polar surface area (TPSA) is 34.1 Å². The molecule has 1 aliphatic carbocycles. The van der Waals surface area contributed by atoms with Gasteiger partial charge >= 0.3 is 0 Å². The summed E-state index contributed by atoms with van der Waals surface area (Å²) < 4.78 is 35.8. The Morgan fingerprint density at radius 2 is 1.94 bits per heavy atom. The van der Waals surface area contributed by atoms with Crippen LogP contribution < -0.4 is 0 Å². The highest BCUT2D eigenvalue weighted by Gasteiger charge is 2.36. The summed E-state index contributed by atoms with van der Waals surface area (Å²) in [6, 6.07) is 6.36. The lowest BCUT2D eigenvalue weighted by Gasteiger charge is -2.26. The monoisotopic (exact) mass is 276 g/mol. The smallest absolute Gasteiger partial charge is 0.250 e. The van der Waals surface area contributed by atoms with E-state index < -0.39 is 21.1 Å². The van der Waals surface area contributed by atoms with Gasteiger partial charge in [0.1, 0.15) is 0 Å². The van der Waals surface area contributed by atoms with Crippen molar-refractivity contribution in [3.05, 3.63) is 29.8 Å². The number of alkyl halides is 1. The van der Waals surface area contributed by atoms with Gasteiger partial charge in [-0.2, -0.15) is 0 Å². The molecule has 0 amide bonds. The summed E-state index contributed by atoms with van der Waals surface area (Å²) in [5.41, 5.74) is 0.247. The number of rotatable bonds is 3. The van der Waals surface area contributed by atoms with Crippen LogP contribution in [0, 0.1) is 0 Å². The van der Waals surface area contributed by atoms with E-state index in [1.165, 1.54) is 12.1 Å². The van der Waals surface area contributed by atoms with Gasteiger partial charge in [0.05, 0.1) is 11.6 Å². The van der Waals surface area contributed by atoms with Gasteiger partial charge in [-0.05, 0) is 30.5 Å². The molecule has 1 aromatic carbocycles. The van der Waals surface area contributed by atoms with Crippen LogP contribution in [-0.2, 0) is 14.5 Å². The Bertz CT molecular complexity index is 507. The van der Waals surface area contributed by atoms with Crippen molar-refractivity contribution in [3.8, 4) is 0 Å². The number of benzene rings is 1. The summed E-state index contributed by atoms with van der Waals surface area (Å²) in [5, 5.41) is 0. The minimum atomic E-state index is -3.74. The third-order valence-electron chi connectivity index (χ3n) is 3.54. The molecule has 0 saturated heterocycles. The zero-order valence-corrected chi connectivity index (χ0v) is 10.9. The molecule has 0 N–H and O–H groups in total. The average Bonchev–Trinajstić information content (AvgIpc) is 2.78. The fraction of sp³-hybridized carbons (Fsp3) is 0.500. The van der Waals surface area contributed by atoms with E-state index in [-0.39, 0.29) is 4.90 Å². The lowest BCUT2D eigenvalue weighted by molar-refractivity contribution is 0.309. The van der Waals surface area contributed by atoms with Crippen molar-refractivity contribution >= 4 is 19.7 Å². The van der Waals surface area contributed by atoms with Crippen molar-refractivity contribution in [1.82, 2.24) is 0 Å². The SMILES string of the molecule is O=S(=O)(Cl)c1cccc(C2(CF)CCCC2)c1. The maximum Gasteiger partial charge on any atom is 0.261 e. The molecule has 17 heavy (non-hydrogen) atoms. The normalized spacial score (nSPS) is 19.4. The van der Waals surface area contributed by atoms with Gasteiger partial charge in [-0.15, -0.1) is 0 Å². The minimum absolute atomic E-state index is 0.0522. The molecule has 0 aromatic heterocycles. The Balaban J connectivity index is 2.46. The molecule has 1 fully saturated rings. The van der Waals surface area contributed by atoms with Crippen LogP contribution in [-0.4, -0.2) is 15.1 Å². The zero-order valence-electron chi connectivity index (χ0n) is 9.33. The molecule has 94 valence electrons. The molecule has 0 aliphatic heterocycles. The standard InChI is InChI=1S/C12H14ClFO2S/c13-17(15,16)11-5-3-4-10(8-11)12(9-14)6-1-2-7-12/h3-5,8H,1-2,6-7,9H2. The van der Waals surface area contributed by atoms with E-state index in [0.29, 0.717) is 0 Å². The summed E-state index contributed by atoms with van der Waals surface area (Å²) in [4.78, 5) is 0.0522. The molecule has 0 bridgehead atoms. The van der Waals surface area contributed by atoms with Crippen LogP contribution >= 0.6 is 10.7 Å². The zero-order chi connectivity index (χ0) is 12.5. The van der Waals surface area contributed by atoms with E-state index in [0.717, 1.165) is 31.2 Å². The fourth-order valence-corrected chi connectivity index (χ4v) is 3.33. The first-order valence-corrected chi connectivity index (χ1v) is 7.90. The summed E-state index contributed by atoms with van der Waals surface area (Å²) in [5.74, 6) is 0. The van der Waals surface area contributed by atoms with Crippen LogP contribution in [0.25, 0.3) is 0 Å². The second-order valence-electron chi connectivity index (χ2n) is 4.59. The predicted molar refractivity (Wildman–Crippen MR) is 65.6 cm³/mol. The molecule has 2 rings (SSSR count). The number of hydrogen-bond donors (Lipinski definition) is 0. The van der Waals surface area contributed by atoms with E-state index in [4.69, 9.17) is 10.7 Å². The molecule has 1 aliphatic rings. The third-order valence-corrected chi connectivity index (χ3v) is 4.90. The highest BCUT2D eigenvalue weighted by molar-refractivity contribution is 8.13. The Morgan fingerprint density at radius 1 is 1.29 bits per heavy atom. The quantitative estimate of drug-likeness (QED) is 0.793. The molecule has 2 nitrogen and oxygen atoms in total. The highest BCUT2D eigenvalue weighted by Crippen LogP contribution is 2.42. The molecule has 0 heterocycles. The highest BCUT2D eigenvalue weighted by atomic mass is 35.7. The van der Waals surface area contributed by atoms with Gasteiger partial charge in [0, 0.05) is 16.1 Å². The fourth-order valence-electron chi connectivity index (χ4n) is 2.53. The molecule has 0 unspecified atom stereocenters. The van der Waals surface area contributed by atoms with E-state index in [9.17, 15) is 12.8 Å². The molecule has 5 heteroatoms. The Morgan fingerprint density at radius 3 is 2.47 bits per heavy atom. The van der Waals surface area contributed by atoms with Crippen LogP contribution in [0.5, 0.6) is 0 Å². The van der Waals surface area contributed by atoms with Gasteiger partial charge < -0.3 is 0 Å². The minimum Gasteiger partial charge on any atom is -0.250 e. The van der Waals surface area contributed by atoms with Gasteiger partial charge in [-0.25, -0.2) is 8.42 Å². The Kier molecular flexibility index (Phi) is 3.46. The molecule has 0 spiro atoms. The second-order valence-corrected chi connectivity index (χ2v) is 7.15. The maximum atomic E-state index is 13.3. The summed E-state index contributed by atoms with van der Waals surface area (Å²) in [6.45, 7) is -0.446. The first-order chi connectivity index (χ1) is 7.98. The second kappa shape index (κ2) is 4.58. The summed E-state index contributed by atoms with van der Waals surface area (Å²) >= 11 is 0. The van der Waals surface area contributed by atoms with Crippen molar-refractivity contribution in [2.45, 2.75) is 36.0 Å². The lowest BCUT2D eigenvalue weighted by Crippen LogP contribution is -2.24. The molecular weight excluding hydrogens is 263 g/mol. The van der Waals surface area contributed by atoms with E-state index in [1.807, 2.05) is 0 Å². The van der Waals surface area contributed by atoms with E-state index in [2.05, 4.69) is 0 Å². The average molecular weight is 277 g/mol. The third kappa shape index (κ3) is 2.47. The van der Waals surface area contributed by atoms with Crippen LogP contribution in [0.4, 0.5) is 4.39 Å². The first-order valence-electron chi connectivity index (χ1n) is 5.59. The number of hydrogen-bond acceptors (Lipinski definition) is 2. The number of halogens is 2. The Hall–Kier alpha value is -0.610. The Labute approximate surface area is 105 Å². The van der Waals surface area contributed by atoms with Gasteiger partial charge in [0.2, 0.25) is 0 Å². The van der Waals surface area contributed by atoms with Gasteiger partial charge in [0.25, 0.3) is 9.05 Å². The molecule has 1 aromatic rings. The lowest BCUT2D eigenvalue weighted by atomic mass is 9.80. The van der Waals surface area contributed by atoms with Crippen molar-refractivity contribution in [1.29, 1.82) is 0 Å². The maximum absolute atomic E-state index is 13.3. The van der Waals surface area contributed by atoms with E-state index in [1.54, 1.807) is 12.1 Å². The van der Waals surface area contributed by atoms with E-state index >= 15 is 0 Å². The van der Waals surface area contributed by atoms with Crippen molar-refractivity contribution in [2.75, 3.05) is 6.67 Å². The van der Waals surface area contributed by atoms with Crippen molar-refractivity contribution in [2.24, 2.45) is 0 Å². The van der Waals surface area contributed by atoms with Gasteiger partial charge in [0.15, 0.2) is 0 Å². The van der Waals surface area contributed by atoms with Crippen LogP contribution in [0.15, 0.2) is 29.2 Å². The summed E-state index contributed by atoms with van der Waals surface area (Å²) in [7, 11) is 1.56. The first kappa shape index (κ1) is 12.8. The van der Waals surface area contributed by atoms with Gasteiger partial charge in [-0.1, -0.05) is 25.0 Å². The predicted octanol–water partition coefficient (Wildman–Crippen LogP) is 3.40. The molecule has 0 atom stereocenters. The summed E-state index contributed by atoms with van der Waals surface area (Å²) in [6.07, 6.45) is 3.52. The molecule has 0 radical (unpaired) electrons. The van der Waals surface area contributed by atoms with Crippen LogP contribution in [0.2, 0.25) is 0 Å². The van der Waals surface area contributed by atoms with Crippen molar-refractivity contribution < 1.29 is 12.8 Å². The molecule has 1 saturated carbocycles. The largest absolute Gasteiger partial charge is 0.261 e. The van der Waals surface area contributed by atoms with Crippen LogP contribution in [0.1, 0.15) is 31.2 Å². The van der Waals surface area contributed by atoms with Gasteiger partial charge in [-0.3, -0.25) is 4.39 Å².